The average molecular weight is 282 g/mol. The zero-order valence-electron chi connectivity index (χ0n) is 11.1. The molecular weight excluding hydrogens is 262 g/mol. The second kappa shape index (κ2) is 6.12. The molecule has 2 saturated heterocycles. The predicted molar refractivity (Wildman–Crippen MR) is 75.9 cm³/mol. The van der Waals surface area contributed by atoms with Crippen LogP contribution in [0.5, 0.6) is 5.75 Å². The van der Waals surface area contributed by atoms with Crippen LogP contribution in [0.2, 0.25) is 5.02 Å². The van der Waals surface area contributed by atoms with Gasteiger partial charge in [-0.25, -0.2) is 0 Å². The maximum atomic E-state index is 5.94. The highest BCUT2D eigenvalue weighted by Gasteiger charge is 2.29. The van der Waals surface area contributed by atoms with Crippen LogP contribution in [0.25, 0.3) is 0 Å². The Morgan fingerprint density at radius 2 is 2.26 bits per heavy atom. The maximum absolute atomic E-state index is 5.94. The van der Waals surface area contributed by atoms with E-state index < -0.39 is 0 Å². The third-order valence-electron chi connectivity index (χ3n) is 3.90. The van der Waals surface area contributed by atoms with E-state index in [1.807, 2.05) is 24.3 Å². The van der Waals surface area contributed by atoms with Crippen LogP contribution in [0.1, 0.15) is 12.8 Å². The quantitative estimate of drug-likeness (QED) is 0.828. The molecule has 2 aliphatic rings. The van der Waals surface area contributed by atoms with Crippen LogP contribution in [-0.2, 0) is 4.74 Å². The summed E-state index contributed by atoms with van der Waals surface area (Å²) in [5.74, 6) is 1.65. The molecule has 19 heavy (non-hydrogen) atoms. The fourth-order valence-electron chi connectivity index (χ4n) is 2.69. The molecule has 1 atom stereocenters. The van der Waals surface area contributed by atoms with E-state index in [1.165, 1.54) is 19.4 Å². The van der Waals surface area contributed by atoms with Gasteiger partial charge in [0.05, 0.1) is 0 Å². The lowest BCUT2D eigenvalue weighted by molar-refractivity contribution is 0.0164. The Balaban J connectivity index is 1.36. The number of likely N-dealkylation sites (tertiary alicyclic amines) is 1. The minimum atomic E-state index is 0.318. The van der Waals surface area contributed by atoms with Crippen molar-refractivity contribution in [3.63, 3.8) is 0 Å². The lowest BCUT2D eigenvalue weighted by atomic mass is 10.0. The fraction of sp³-hybridized carbons (Fsp3) is 0.600. The summed E-state index contributed by atoms with van der Waals surface area (Å²) >= 11 is 5.94. The van der Waals surface area contributed by atoms with E-state index >= 15 is 0 Å². The lowest BCUT2D eigenvalue weighted by Gasteiger charge is -2.39. The smallest absolute Gasteiger partial charge is 0.124 e. The molecule has 1 aromatic rings. The summed E-state index contributed by atoms with van der Waals surface area (Å²) in [5, 5.41) is 0.731. The number of halogens is 1. The highest BCUT2D eigenvalue weighted by atomic mass is 35.5. The highest BCUT2D eigenvalue weighted by Crippen LogP contribution is 2.23. The summed E-state index contributed by atoms with van der Waals surface area (Å²) in [6.45, 7) is 5.13. The Kier molecular flexibility index (Phi) is 4.26. The van der Waals surface area contributed by atoms with Crippen molar-refractivity contribution in [1.29, 1.82) is 0 Å². The second-order valence-corrected chi connectivity index (χ2v) is 5.91. The second-order valence-electron chi connectivity index (χ2n) is 5.48. The summed E-state index contributed by atoms with van der Waals surface area (Å²) in [6, 6.07) is 7.63. The van der Waals surface area contributed by atoms with Crippen molar-refractivity contribution in [2.75, 3.05) is 32.8 Å². The van der Waals surface area contributed by atoms with Gasteiger partial charge in [-0.3, -0.25) is 4.90 Å². The first-order valence-electron chi connectivity index (χ1n) is 7.02. The molecule has 104 valence electrons. The van der Waals surface area contributed by atoms with E-state index in [4.69, 9.17) is 21.1 Å². The molecule has 0 radical (unpaired) electrons. The minimum Gasteiger partial charge on any atom is -0.488 e. The van der Waals surface area contributed by atoms with Gasteiger partial charge in [-0.05, 0) is 43.5 Å². The number of benzene rings is 1. The Morgan fingerprint density at radius 1 is 1.37 bits per heavy atom. The van der Waals surface area contributed by atoms with Gasteiger partial charge in [-0.15, -0.1) is 0 Å². The molecule has 3 nitrogen and oxygen atoms in total. The van der Waals surface area contributed by atoms with E-state index in [9.17, 15) is 0 Å². The summed E-state index contributed by atoms with van der Waals surface area (Å²) in [5.41, 5.74) is 0. The molecule has 2 fully saturated rings. The highest BCUT2D eigenvalue weighted by molar-refractivity contribution is 6.30. The van der Waals surface area contributed by atoms with Crippen molar-refractivity contribution in [2.24, 2.45) is 5.92 Å². The van der Waals surface area contributed by atoms with E-state index in [0.717, 1.165) is 43.0 Å². The van der Waals surface area contributed by atoms with Crippen LogP contribution < -0.4 is 4.74 Å². The SMILES string of the molecule is Clc1cccc(OC2CN(CC[C@H]3CCOC3)C2)c1. The molecule has 0 saturated carbocycles. The van der Waals surface area contributed by atoms with Gasteiger partial charge in [0.15, 0.2) is 0 Å². The molecule has 0 amide bonds. The molecule has 3 rings (SSSR count). The van der Waals surface area contributed by atoms with Crippen molar-refractivity contribution in [3.8, 4) is 5.75 Å². The van der Waals surface area contributed by atoms with Crippen molar-refractivity contribution >= 4 is 11.6 Å². The summed E-state index contributed by atoms with van der Waals surface area (Å²) in [6.07, 6.45) is 2.80. The van der Waals surface area contributed by atoms with E-state index in [1.54, 1.807) is 0 Å². The zero-order valence-corrected chi connectivity index (χ0v) is 11.8. The largest absolute Gasteiger partial charge is 0.488 e. The number of hydrogen-bond donors (Lipinski definition) is 0. The Labute approximate surface area is 119 Å². The molecule has 2 heterocycles. The molecule has 0 unspecified atom stereocenters. The van der Waals surface area contributed by atoms with Gasteiger partial charge in [0.25, 0.3) is 0 Å². The number of rotatable bonds is 5. The van der Waals surface area contributed by atoms with Crippen LogP contribution in [0, 0.1) is 5.92 Å². The van der Waals surface area contributed by atoms with Crippen LogP contribution in [0.4, 0.5) is 0 Å². The number of ether oxygens (including phenoxy) is 2. The first kappa shape index (κ1) is 13.2. The summed E-state index contributed by atoms with van der Waals surface area (Å²) < 4.78 is 11.3. The third kappa shape index (κ3) is 3.62. The molecule has 0 spiro atoms. The van der Waals surface area contributed by atoms with Gasteiger partial charge in [0, 0.05) is 31.3 Å². The summed E-state index contributed by atoms with van der Waals surface area (Å²) in [4.78, 5) is 2.45. The van der Waals surface area contributed by atoms with Gasteiger partial charge in [-0.2, -0.15) is 0 Å². The normalized spacial score (nSPS) is 24.4. The van der Waals surface area contributed by atoms with Crippen LogP contribution in [0.3, 0.4) is 0 Å². The first-order chi connectivity index (χ1) is 9.29. The fourth-order valence-corrected chi connectivity index (χ4v) is 2.87. The van der Waals surface area contributed by atoms with Crippen molar-refractivity contribution in [3.05, 3.63) is 29.3 Å². The van der Waals surface area contributed by atoms with Gasteiger partial charge in [-0.1, -0.05) is 17.7 Å². The molecular formula is C15H20ClNO2. The average Bonchev–Trinajstić information content (AvgIpc) is 2.85. The molecule has 1 aromatic carbocycles. The minimum absolute atomic E-state index is 0.318. The van der Waals surface area contributed by atoms with Crippen LogP contribution >= 0.6 is 11.6 Å². The van der Waals surface area contributed by atoms with Crippen molar-refractivity contribution < 1.29 is 9.47 Å². The van der Waals surface area contributed by atoms with Crippen LogP contribution in [0.15, 0.2) is 24.3 Å². The van der Waals surface area contributed by atoms with Crippen molar-refractivity contribution in [2.45, 2.75) is 18.9 Å². The van der Waals surface area contributed by atoms with Gasteiger partial charge < -0.3 is 9.47 Å². The molecule has 4 heteroatoms. The molecule has 0 aliphatic carbocycles. The number of nitrogens with zero attached hydrogens (tertiary/aromatic N) is 1. The van der Waals surface area contributed by atoms with E-state index in [2.05, 4.69) is 4.90 Å². The lowest BCUT2D eigenvalue weighted by Crippen LogP contribution is -2.54. The Morgan fingerprint density at radius 3 is 3.00 bits per heavy atom. The van der Waals surface area contributed by atoms with Gasteiger partial charge in [0.1, 0.15) is 11.9 Å². The zero-order chi connectivity index (χ0) is 13.1. The third-order valence-corrected chi connectivity index (χ3v) is 4.14. The van der Waals surface area contributed by atoms with E-state index in [0.29, 0.717) is 6.10 Å². The monoisotopic (exact) mass is 281 g/mol. The van der Waals surface area contributed by atoms with E-state index in [-0.39, 0.29) is 0 Å². The molecule has 0 aromatic heterocycles. The summed E-state index contributed by atoms with van der Waals surface area (Å²) in [7, 11) is 0. The maximum Gasteiger partial charge on any atom is 0.124 e. The van der Waals surface area contributed by atoms with Crippen LogP contribution in [-0.4, -0.2) is 43.9 Å². The van der Waals surface area contributed by atoms with Crippen molar-refractivity contribution in [1.82, 2.24) is 4.90 Å². The molecule has 0 bridgehead atoms. The molecule has 0 N–H and O–H groups in total. The Hall–Kier alpha value is -0.770. The molecule has 2 aliphatic heterocycles. The topological polar surface area (TPSA) is 21.7 Å². The standard InChI is InChI=1S/C15H20ClNO2/c16-13-2-1-3-14(8-13)19-15-9-17(10-15)6-4-12-5-7-18-11-12/h1-3,8,12,15H,4-7,9-11H2/t12-/m0/s1. The Bertz CT molecular complexity index is 414. The van der Waals surface area contributed by atoms with Gasteiger partial charge in [0.2, 0.25) is 0 Å². The van der Waals surface area contributed by atoms with Gasteiger partial charge >= 0.3 is 0 Å². The number of hydrogen-bond acceptors (Lipinski definition) is 3. The predicted octanol–water partition coefficient (Wildman–Crippen LogP) is 2.83. The first-order valence-corrected chi connectivity index (χ1v) is 7.40.